The Labute approximate surface area is 105 Å². The molecule has 0 unspecified atom stereocenters. The van der Waals surface area contributed by atoms with Crippen LogP contribution in [0.15, 0.2) is 18.2 Å². The number of hydrogen-bond donors (Lipinski definition) is 1. The summed E-state index contributed by atoms with van der Waals surface area (Å²) in [6.07, 6.45) is 0.859. The van der Waals surface area contributed by atoms with Gasteiger partial charge in [0.25, 0.3) is 5.91 Å². The first-order valence-corrected chi connectivity index (χ1v) is 5.98. The molecule has 5 heteroatoms. The summed E-state index contributed by atoms with van der Waals surface area (Å²) in [6, 6.07) is 4.96. The van der Waals surface area contributed by atoms with E-state index in [-0.39, 0.29) is 5.91 Å². The molecule has 0 aromatic heterocycles. The smallest absolute Gasteiger partial charge is 0.255 e. The Morgan fingerprint density at radius 3 is 2.94 bits per heavy atom. The third-order valence-electron chi connectivity index (χ3n) is 2.73. The number of benzene rings is 1. The summed E-state index contributed by atoms with van der Waals surface area (Å²) < 4.78 is 5.31. The molecule has 1 aromatic carbocycles. The number of amides is 1. The van der Waals surface area contributed by atoms with Crippen molar-refractivity contribution in [2.24, 2.45) is 0 Å². The summed E-state index contributed by atoms with van der Waals surface area (Å²) in [5.74, 6) is -0.0551. The van der Waals surface area contributed by atoms with Crippen LogP contribution in [0.25, 0.3) is 0 Å². The Hall–Kier alpha value is -1.26. The van der Waals surface area contributed by atoms with Gasteiger partial charge in [-0.15, -0.1) is 0 Å². The highest BCUT2D eigenvalue weighted by Crippen LogP contribution is 2.21. The van der Waals surface area contributed by atoms with Crippen LogP contribution in [-0.2, 0) is 4.74 Å². The summed E-state index contributed by atoms with van der Waals surface area (Å²) in [5, 5.41) is 0.403. The second-order valence-corrected chi connectivity index (χ2v) is 4.40. The van der Waals surface area contributed by atoms with Gasteiger partial charge in [0.2, 0.25) is 0 Å². The lowest BCUT2D eigenvalue weighted by atomic mass is 10.1. The molecule has 0 atom stereocenters. The molecule has 1 aromatic rings. The van der Waals surface area contributed by atoms with Gasteiger partial charge in [-0.1, -0.05) is 11.6 Å². The largest absolute Gasteiger partial charge is 0.399 e. The lowest BCUT2D eigenvalue weighted by molar-refractivity contribution is 0.0741. The highest BCUT2D eigenvalue weighted by atomic mass is 35.5. The standard InChI is InChI=1S/C12H15ClN2O2/c13-11-8-9(14)2-3-10(11)12(16)15-4-1-6-17-7-5-15/h2-3,8H,1,4-7,14H2. The van der Waals surface area contributed by atoms with Crippen LogP contribution in [0.5, 0.6) is 0 Å². The van der Waals surface area contributed by atoms with E-state index >= 15 is 0 Å². The van der Waals surface area contributed by atoms with Gasteiger partial charge in [-0.05, 0) is 24.6 Å². The number of rotatable bonds is 1. The Bertz CT molecular complexity index is 415. The fourth-order valence-electron chi connectivity index (χ4n) is 1.82. The predicted molar refractivity (Wildman–Crippen MR) is 67.2 cm³/mol. The molecule has 2 N–H and O–H groups in total. The van der Waals surface area contributed by atoms with Crippen LogP contribution in [0.1, 0.15) is 16.8 Å². The Balaban J connectivity index is 2.17. The summed E-state index contributed by atoms with van der Waals surface area (Å²) in [4.78, 5) is 14.0. The molecule has 1 heterocycles. The molecule has 0 bridgehead atoms. The minimum atomic E-state index is -0.0551. The summed E-state index contributed by atoms with van der Waals surface area (Å²) in [5.41, 5.74) is 6.67. The first-order chi connectivity index (χ1) is 8.18. The average molecular weight is 255 g/mol. The Morgan fingerprint density at radius 2 is 2.18 bits per heavy atom. The zero-order chi connectivity index (χ0) is 12.3. The maximum absolute atomic E-state index is 12.2. The van der Waals surface area contributed by atoms with E-state index in [2.05, 4.69) is 0 Å². The second-order valence-electron chi connectivity index (χ2n) is 4.00. The van der Waals surface area contributed by atoms with Crippen LogP contribution in [0.3, 0.4) is 0 Å². The number of hydrogen-bond acceptors (Lipinski definition) is 3. The van der Waals surface area contributed by atoms with E-state index in [1.165, 1.54) is 0 Å². The van der Waals surface area contributed by atoms with Crippen LogP contribution in [0.2, 0.25) is 5.02 Å². The van der Waals surface area contributed by atoms with Gasteiger partial charge in [0.1, 0.15) is 0 Å². The minimum Gasteiger partial charge on any atom is -0.399 e. The maximum atomic E-state index is 12.2. The number of carbonyl (C=O) groups is 1. The monoisotopic (exact) mass is 254 g/mol. The van der Waals surface area contributed by atoms with Gasteiger partial charge < -0.3 is 15.4 Å². The van der Waals surface area contributed by atoms with Gasteiger partial charge >= 0.3 is 0 Å². The first kappa shape index (κ1) is 12.2. The second kappa shape index (κ2) is 5.38. The Morgan fingerprint density at radius 1 is 1.35 bits per heavy atom. The molecule has 2 rings (SSSR count). The number of ether oxygens (including phenoxy) is 1. The van der Waals surface area contributed by atoms with Gasteiger partial charge in [0, 0.05) is 25.4 Å². The van der Waals surface area contributed by atoms with Crippen LogP contribution in [-0.4, -0.2) is 37.1 Å². The van der Waals surface area contributed by atoms with Gasteiger partial charge in [-0.3, -0.25) is 4.79 Å². The van der Waals surface area contributed by atoms with E-state index in [0.717, 1.165) is 6.42 Å². The van der Waals surface area contributed by atoms with E-state index in [0.29, 0.717) is 42.6 Å². The van der Waals surface area contributed by atoms with Gasteiger partial charge in [0.05, 0.1) is 17.2 Å². The topological polar surface area (TPSA) is 55.6 Å². The fraction of sp³-hybridized carbons (Fsp3) is 0.417. The van der Waals surface area contributed by atoms with Crippen molar-refractivity contribution < 1.29 is 9.53 Å². The van der Waals surface area contributed by atoms with Gasteiger partial charge in [-0.2, -0.15) is 0 Å². The lowest BCUT2D eigenvalue weighted by Gasteiger charge is -2.20. The summed E-state index contributed by atoms with van der Waals surface area (Å²) in [6.45, 7) is 2.61. The molecule has 1 aliphatic heterocycles. The van der Waals surface area contributed by atoms with Crippen molar-refractivity contribution in [1.82, 2.24) is 4.90 Å². The van der Waals surface area contributed by atoms with Crippen LogP contribution < -0.4 is 5.73 Å². The third-order valence-corrected chi connectivity index (χ3v) is 3.05. The van der Waals surface area contributed by atoms with Gasteiger partial charge in [0.15, 0.2) is 0 Å². The molecule has 0 saturated carbocycles. The van der Waals surface area contributed by atoms with Crippen molar-refractivity contribution in [3.8, 4) is 0 Å². The van der Waals surface area contributed by atoms with E-state index in [4.69, 9.17) is 22.1 Å². The molecule has 17 heavy (non-hydrogen) atoms. The highest BCUT2D eigenvalue weighted by Gasteiger charge is 2.19. The maximum Gasteiger partial charge on any atom is 0.255 e. The number of nitrogens with zero attached hydrogens (tertiary/aromatic N) is 1. The summed E-state index contributed by atoms with van der Waals surface area (Å²) >= 11 is 6.03. The van der Waals surface area contributed by atoms with Crippen LogP contribution >= 0.6 is 11.6 Å². The zero-order valence-electron chi connectivity index (χ0n) is 9.49. The molecular weight excluding hydrogens is 240 g/mol. The van der Waals surface area contributed by atoms with Crippen molar-refractivity contribution in [2.75, 3.05) is 32.0 Å². The third kappa shape index (κ3) is 2.90. The van der Waals surface area contributed by atoms with Crippen molar-refractivity contribution in [3.05, 3.63) is 28.8 Å². The van der Waals surface area contributed by atoms with E-state index < -0.39 is 0 Å². The molecule has 0 radical (unpaired) electrons. The lowest BCUT2D eigenvalue weighted by Crippen LogP contribution is -2.33. The Kier molecular flexibility index (Phi) is 3.86. The van der Waals surface area contributed by atoms with Crippen molar-refractivity contribution >= 4 is 23.2 Å². The molecule has 1 aliphatic rings. The van der Waals surface area contributed by atoms with Gasteiger partial charge in [-0.25, -0.2) is 0 Å². The van der Waals surface area contributed by atoms with E-state index in [1.807, 2.05) is 0 Å². The number of nitrogen functional groups attached to an aromatic ring is 1. The van der Waals surface area contributed by atoms with E-state index in [1.54, 1.807) is 23.1 Å². The molecule has 1 saturated heterocycles. The number of halogens is 1. The molecule has 1 amide bonds. The van der Waals surface area contributed by atoms with E-state index in [9.17, 15) is 4.79 Å². The SMILES string of the molecule is Nc1ccc(C(=O)N2CCCOCC2)c(Cl)c1. The zero-order valence-corrected chi connectivity index (χ0v) is 10.2. The quantitative estimate of drug-likeness (QED) is 0.778. The number of carbonyl (C=O) groups excluding carboxylic acids is 1. The molecule has 4 nitrogen and oxygen atoms in total. The van der Waals surface area contributed by atoms with Crippen molar-refractivity contribution in [2.45, 2.75) is 6.42 Å². The van der Waals surface area contributed by atoms with Crippen LogP contribution in [0.4, 0.5) is 5.69 Å². The predicted octanol–water partition coefficient (Wildman–Crippen LogP) is 1.78. The molecule has 0 spiro atoms. The van der Waals surface area contributed by atoms with Crippen LogP contribution in [0, 0.1) is 0 Å². The highest BCUT2D eigenvalue weighted by molar-refractivity contribution is 6.34. The molecule has 92 valence electrons. The minimum absolute atomic E-state index is 0.0551. The molecular formula is C12H15ClN2O2. The normalized spacial score (nSPS) is 16.6. The molecule has 0 aliphatic carbocycles. The summed E-state index contributed by atoms with van der Waals surface area (Å²) in [7, 11) is 0. The fourth-order valence-corrected chi connectivity index (χ4v) is 2.09. The number of nitrogens with two attached hydrogens (primary N) is 1. The average Bonchev–Trinajstić information content (AvgIpc) is 2.56. The molecule has 1 fully saturated rings. The number of anilines is 1. The van der Waals surface area contributed by atoms with Crippen molar-refractivity contribution in [3.63, 3.8) is 0 Å². The first-order valence-electron chi connectivity index (χ1n) is 5.60. The van der Waals surface area contributed by atoms with Crippen molar-refractivity contribution in [1.29, 1.82) is 0 Å².